The molecule has 2 heterocycles. The molecular formula is C32H47NO3Si. The molecule has 0 saturated heterocycles. The van der Waals surface area contributed by atoms with Crippen LogP contribution in [0.25, 0.3) is 0 Å². The molecule has 2 aromatic rings. The van der Waals surface area contributed by atoms with Gasteiger partial charge in [0.25, 0.3) is 0 Å². The third-order valence-corrected chi connectivity index (χ3v) is 14.0. The van der Waals surface area contributed by atoms with Gasteiger partial charge in [-0.1, -0.05) is 73.4 Å². The molecule has 1 spiro atoms. The number of nitrogens with zero attached hydrogens (tertiary/aromatic N) is 1. The van der Waals surface area contributed by atoms with Crippen molar-refractivity contribution in [3.05, 3.63) is 57.9 Å². The second-order valence-corrected chi connectivity index (χ2v) is 19.3. The third-order valence-electron chi connectivity index (χ3n) is 9.55. The SMILES string of the molecule is CC(C)c1nc2c(c3c1[C@@H](c1ccc(O)cc1)OC31CCCC1)[C@@H](O[Si](C)(C)C(C)(C)C)CC(C)(C)C2. The van der Waals surface area contributed by atoms with E-state index in [2.05, 4.69) is 61.6 Å². The Morgan fingerprint density at radius 3 is 2.24 bits per heavy atom. The second kappa shape index (κ2) is 8.92. The molecule has 1 aromatic carbocycles. The van der Waals surface area contributed by atoms with Gasteiger partial charge in [-0.15, -0.1) is 0 Å². The standard InChI is InChI=1S/C32H47NO3Si/c1-20(2)28-26-27(32(16-10-11-17-32)35-29(26)21-12-14-22(34)15-13-21)25-23(33-28)18-31(6,7)19-24(25)36-37(8,9)30(3,4)5/h12-15,20,24,29,34H,10-11,16-19H2,1-9H3/t24-,29+/m0/s1. The van der Waals surface area contributed by atoms with Crippen LogP contribution >= 0.6 is 0 Å². The van der Waals surface area contributed by atoms with E-state index in [0.29, 0.717) is 5.92 Å². The fraction of sp³-hybridized carbons (Fsp3) is 0.656. The first-order valence-corrected chi connectivity index (χ1v) is 17.3. The van der Waals surface area contributed by atoms with E-state index in [4.69, 9.17) is 14.1 Å². The predicted molar refractivity (Wildman–Crippen MR) is 153 cm³/mol. The highest BCUT2D eigenvalue weighted by Gasteiger charge is 2.54. The molecule has 0 radical (unpaired) electrons. The first kappa shape index (κ1) is 26.9. The minimum atomic E-state index is -2.03. The lowest BCUT2D eigenvalue weighted by molar-refractivity contribution is -0.0579. The van der Waals surface area contributed by atoms with Gasteiger partial charge in [-0.05, 0) is 78.4 Å². The number of phenolic OH excluding ortho intramolecular Hbond substituents is 1. The lowest BCUT2D eigenvalue weighted by atomic mass is 9.70. The largest absolute Gasteiger partial charge is 0.508 e. The highest BCUT2D eigenvalue weighted by atomic mass is 28.4. The summed E-state index contributed by atoms with van der Waals surface area (Å²) in [6.45, 7) is 21.0. The third kappa shape index (κ3) is 4.59. The van der Waals surface area contributed by atoms with Crippen molar-refractivity contribution in [2.75, 3.05) is 0 Å². The molecule has 0 amide bonds. The average Bonchev–Trinajstić information content (AvgIpc) is 3.37. The normalized spacial score (nSPS) is 24.5. The van der Waals surface area contributed by atoms with Crippen LogP contribution in [0.2, 0.25) is 18.1 Å². The number of pyridine rings is 1. The van der Waals surface area contributed by atoms with Crippen molar-refractivity contribution in [1.82, 2.24) is 4.98 Å². The minimum absolute atomic E-state index is 0.0433. The van der Waals surface area contributed by atoms with Crippen molar-refractivity contribution >= 4 is 8.32 Å². The average molecular weight is 522 g/mol. The number of hydrogen-bond donors (Lipinski definition) is 1. The first-order valence-electron chi connectivity index (χ1n) is 14.4. The summed E-state index contributed by atoms with van der Waals surface area (Å²) < 4.78 is 14.5. The van der Waals surface area contributed by atoms with Gasteiger partial charge in [-0.25, -0.2) is 0 Å². The lowest BCUT2D eigenvalue weighted by Crippen LogP contribution is -2.44. The van der Waals surface area contributed by atoms with Crippen LogP contribution < -0.4 is 0 Å². The summed E-state index contributed by atoms with van der Waals surface area (Å²) in [7, 11) is -2.03. The van der Waals surface area contributed by atoms with Crippen molar-refractivity contribution in [2.24, 2.45) is 5.41 Å². The fourth-order valence-electron chi connectivity index (χ4n) is 6.66. The molecule has 1 aliphatic heterocycles. The monoisotopic (exact) mass is 521 g/mol. The maximum absolute atomic E-state index is 9.99. The number of rotatable bonds is 4. The van der Waals surface area contributed by atoms with E-state index < -0.39 is 8.32 Å². The van der Waals surface area contributed by atoms with Crippen molar-refractivity contribution in [3.63, 3.8) is 0 Å². The molecule has 0 unspecified atom stereocenters. The van der Waals surface area contributed by atoms with Crippen molar-refractivity contribution < 1.29 is 14.3 Å². The van der Waals surface area contributed by atoms with Gasteiger partial charge >= 0.3 is 0 Å². The maximum atomic E-state index is 9.99. The van der Waals surface area contributed by atoms with E-state index in [1.807, 2.05) is 12.1 Å². The van der Waals surface area contributed by atoms with E-state index in [1.165, 1.54) is 40.9 Å². The van der Waals surface area contributed by atoms with Crippen LogP contribution in [0.15, 0.2) is 24.3 Å². The van der Waals surface area contributed by atoms with Gasteiger partial charge < -0.3 is 14.3 Å². The first-order chi connectivity index (χ1) is 17.1. The summed E-state index contributed by atoms with van der Waals surface area (Å²) in [6.07, 6.45) is 6.37. The van der Waals surface area contributed by atoms with Crippen LogP contribution in [-0.4, -0.2) is 18.4 Å². The van der Waals surface area contributed by atoms with Crippen molar-refractivity contribution in [1.29, 1.82) is 0 Å². The van der Waals surface area contributed by atoms with Crippen molar-refractivity contribution in [3.8, 4) is 5.75 Å². The van der Waals surface area contributed by atoms with Gasteiger partial charge in [0.2, 0.25) is 0 Å². The number of ether oxygens (including phenoxy) is 1. The van der Waals surface area contributed by atoms with Crippen molar-refractivity contribution in [2.45, 2.75) is 129 Å². The van der Waals surface area contributed by atoms with Crippen LogP contribution in [-0.2, 0) is 21.2 Å². The Labute approximate surface area is 225 Å². The van der Waals surface area contributed by atoms with Crippen LogP contribution in [0.3, 0.4) is 0 Å². The predicted octanol–water partition coefficient (Wildman–Crippen LogP) is 8.83. The number of hydrogen-bond acceptors (Lipinski definition) is 4. The molecular weight excluding hydrogens is 474 g/mol. The number of benzene rings is 1. The number of fused-ring (bicyclic) bond motifs is 4. The van der Waals surface area contributed by atoms with Gasteiger partial charge in [0.05, 0.1) is 11.7 Å². The molecule has 3 aliphatic rings. The van der Waals surface area contributed by atoms with Crippen LogP contribution in [0.5, 0.6) is 5.75 Å². The molecule has 1 N–H and O–H groups in total. The van der Waals surface area contributed by atoms with E-state index in [0.717, 1.165) is 31.2 Å². The molecule has 202 valence electrons. The Kier molecular flexibility index (Phi) is 6.49. The Hall–Kier alpha value is -1.69. The Morgan fingerprint density at radius 1 is 1.05 bits per heavy atom. The summed E-state index contributed by atoms with van der Waals surface area (Å²) >= 11 is 0. The highest BCUT2D eigenvalue weighted by molar-refractivity contribution is 6.74. The molecule has 2 atom stereocenters. The molecule has 1 aromatic heterocycles. The Bertz CT molecular complexity index is 1170. The maximum Gasteiger partial charge on any atom is 0.192 e. The zero-order valence-electron chi connectivity index (χ0n) is 24.5. The minimum Gasteiger partial charge on any atom is -0.508 e. The molecule has 4 nitrogen and oxygen atoms in total. The molecule has 1 fully saturated rings. The van der Waals surface area contributed by atoms with E-state index in [9.17, 15) is 5.11 Å². The fourth-order valence-corrected chi connectivity index (χ4v) is 7.93. The number of phenols is 1. The van der Waals surface area contributed by atoms with Gasteiger partial charge in [0.1, 0.15) is 11.9 Å². The van der Waals surface area contributed by atoms with Gasteiger partial charge in [0.15, 0.2) is 8.32 Å². The van der Waals surface area contributed by atoms with E-state index >= 15 is 0 Å². The molecule has 0 bridgehead atoms. The summed E-state index contributed by atoms with van der Waals surface area (Å²) in [5, 5.41) is 10.1. The molecule has 5 heteroatoms. The summed E-state index contributed by atoms with van der Waals surface area (Å²) in [6, 6.07) is 7.61. The summed E-state index contributed by atoms with van der Waals surface area (Å²) in [4.78, 5) is 5.48. The van der Waals surface area contributed by atoms with Gasteiger partial charge in [-0.3, -0.25) is 4.98 Å². The zero-order chi connectivity index (χ0) is 27.0. The van der Waals surface area contributed by atoms with Gasteiger partial charge in [0, 0.05) is 22.5 Å². The quantitative estimate of drug-likeness (QED) is 0.408. The van der Waals surface area contributed by atoms with E-state index in [-0.39, 0.29) is 34.0 Å². The lowest BCUT2D eigenvalue weighted by Gasteiger charge is -2.45. The van der Waals surface area contributed by atoms with Crippen LogP contribution in [0, 0.1) is 5.41 Å². The highest BCUT2D eigenvalue weighted by Crippen LogP contribution is 2.60. The second-order valence-electron chi connectivity index (χ2n) is 14.5. The zero-order valence-corrected chi connectivity index (χ0v) is 25.5. The topological polar surface area (TPSA) is 51.6 Å². The van der Waals surface area contributed by atoms with Crippen LogP contribution in [0.4, 0.5) is 0 Å². The molecule has 37 heavy (non-hydrogen) atoms. The number of aromatic nitrogens is 1. The number of aromatic hydroxyl groups is 1. The molecule has 1 saturated carbocycles. The van der Waals surface area contributed by atoms with Crippen LogP contribution in [0.1, 0.15) is 132 Å². The van der Waals surface area contributed by atoms with E-state index in [1.54, 1.807) is 12.1 Å². The molecule has 5 rings (SSSR count). The smallest absolute Gasteiger partial charge is 0.192 e. The Morgan fingerprint density at radius 2 is 1.68 bits per heavy atom. The molecule has 2 aliphatic carbocycles. The van der Waals surface area contributed by atoms with Gasteiger partial charge in [-0.2, -0.15) is 0 Å². The summed E-state index contributed by atoms with van der Waals surface area (Å²) in [5.41, 5.74) is 7.43. The Balaban J connectivity index is 1.78. The summed E-state index contributed by atoms with van der Waals surface area (Å²) in [5.74, 6) is 0.582.